The molecule has 6 aromatic rings. The highest BCUT2D eigenvalue weighted by molar-refractivity contribution is 5.85. The first-order chi connectivity index (χ1) is 22.5. The number of hydrogen-bond acceptors (Lipinski definition) is 3. The van der Waals surface area contributed by atoms with Crippen molar-refractivity contribution < 1.29 is 0 Å². The molecule has 0 bridgehead atoms. The number of nitrogens with one attached hydrogen (secondary N) is 1. The highest BCUT2D eigenvalue weighted by atomic mass is 15.0. The summed E-state index contributed by atoms with van der Waals surface area (Å²) in [4.78, 5) is 5.15. The van der Waals surface area contributed by atoms with Crippen molar-refractivity contribution >= 4 is 16.9 Å². The van der Waals surface area contributed by atoms with Gasteiger partial charge in [-0.1, -0.05) is 105 Å². The Labute approximate surface area is 267 Å². The number of nitrogens with zero attached hydrogens (tertiary/aromatic N) is 3. The van der Waals surface area contributed by atoms with Gasteiger partial charge in [0.1, 0.15) is 5.65 Å². The predicted molar refractivity (Wildman–Crippen MR) is 185 cm³/mol. The third-order valence-corrected chi connectivity index (χ3v) is 9.85. The molecule has 4 nitrogen and oxygen atoms in total. The number of pyridine rings is 1. The van der Waals surface area contributed by atoms with E-state index < -0.39 is 0 Å². The molecular formula is C42H30N4. The summed E-state index contributed by atoms with van der Waals surface area (Å²) in [5.74, 6) is 0. The van der Waals surface area contributed by atoms with E-state index in [1.165, 1.54) is 39.0 Å². The van der Waals surface area contributed by atoms with E-state index in [2.05, 4.69) is 157 Å². The van der Waals surface area contributed by atoms with Crippen LogP contribution in [0.4, 0.5) is 0 Å². The predicted octanol–water partition coefficient (Wildman–Crippen LogP) is 7.25. The Bertz CT molecular complexity index is 2490. The maximum atomic E-state index is 9.52. The van der Waals surface area contributed by atoms with Crippen molar-refractivity contribution in [2.24, 2.45) is 0 Å². The van der Waals surface area contributed by atoms with Crippen molar-refractivity contribution in [1.82, 2.24) is 14.7 Å². The molecule has 2 aromatic heterocycles. The van der Waals surface area contributed by atoms with Gasteiger partial charge in [0.15, 0.2) is 0 Å². The third-order valence-electron chi connectivity index (χ3n) is 9.85. The summed E-state index contributed by atoms with van der Waals surface area (Å²) in [6.45, 7) is 4.52. The van der Waals surface area contributed by atoms with Gasteiger partial charge in [-0.25, -0.2) is 4.98 Å². The fraction of sp³-hybridized carbons (Fsp3) is 0.0952. The number of imidazole rings is 1. The Morgan fingerprint density at radius 2 is 1.46 bits per heavy atom. The fourth-order valence-electron chi connectivity index (χ4n) is 7.46. The quantitative estimate of drug-likeness (QED) is 0.236. The van der Waals surface area contributed by atoms with Crippen molar-refractivity contribution in [2.45, 2.75) is 25.3 Å². The smallest absolute Gasteiger partial charge is 0.138 e. The molecular weight excluding hydrogens is 560 g/mol. The number of aromatic nitrogens is 2. The lowest BCUT2D eigenvalue weighted by Gasteiger charge is -2.25. The lowest BCUT2D eigenvalue weighted by molar-refractivity contribution is 0.660. The number of hydrogen-bond donors (Lipinski definition) is 1. The zero-order valence-corrected chi connectivity index (χ0v) is 25.6. The summed E-state index contributed by atoms with van der Waals surface area (Å²) in [5, 5.41) is 15.4. The van der Waals surface area contributed by atoms with E-state index in [1.807, 2.05) is 6.07 Å². The van der Waals surface area contributed by atoms with Crippen LogP contribution in [0.5, 0.6) is 0 Å². The minimum absolute atomic E-state index is 0.0901. The summed E-state index contributed by atoms with van der Waals surface area (Å²) in [6, 6.07) is 38.9. The average molecular weight is 591 g/mol. The number of rotatable bonds is 3. The number of nitriles is 1. The largest absolute Gasteiger partial charge is 0.372 e. The van der Waals surface area contributed by atoms with E-state index in [9.17, 15) is 5.26 Å². The van der Waals surface area contributed by atoms with Crippen molar-refractivity contribution in [2.75, 3.05) is 0 Å². The first-order valence-electron chi connectivity index (χ1n) is 15.7. The Kier molecular flexibility index (Phi) is 5.64. The molecule has 0 saturated carbocycles. The molecule has 3 heterocycles. The lowest BCUT2D eigenvalue weighted by Crippen LogP contribution is -2.47. The van der Waals surface area contributed by atoms with Gasteiger partial charge in [-0.05, 0) is 86.5 Å². The summed E-state index contributed by atoms with van der Waals surface area (Å²) in [6.07, 6.45) is 10.8. The van der Waals surface area contributed by atoms with Crippen molar-refractivity contribution in [3.63, 3.8) is 0 Å². The van der Waals surface area contributed by atoms with Gasteiger partial charge in [0, 0.05) is 17.2 Å². The Hall–Kier alpha value is -5.92. The second-order valence-electron chi connectivity index (χ2n) is 12.9. The van der Waals surface area contributed by atoms with Gasteiger partial charge in [-0.2, -0.15) is 5.26 Å². The summed E-state index contributed by atoms with van der Waals surface area (Å²) in [5.41, 5.74) is 14.5. The second-order valence-corrected chi connectivity index (χ2v) is 12.9. The van der Waals surface area contributed by atoms with Gasteiger partial charge in [0.2, 0.25) is 0 Å². The molecule has 1 aliphatic heterocycles. The highest BCUT2D eigenvalue weighted by Crippen LogP contribution is 2.50. The Morgan fingerprint density at radius 1 is 0.739 bits per heavy atom. The summed E-state index contributed by atoms with van der Waals surface area (Å²) in [7, 11) is 0. The standard InChI is InChI=1S/C42H30N4/c1-42(2)35-21-26(24-43)15-18-32(35)33-19-16-30(23-36(33)42)28-11-8-12-29(22-28)31-17-20-38-45-40-34-13-6-7-14-37(34)44-39(41(40)46(38)25-31)27-9-4-3-5-10-27/h3-23,25,37,44H,1-2H3. The maximum Gasteiger partial charge on any atom is 0.138 e. The van der Waals surface area contributed by atoms with Crippen LogP contribution >= 0.6 is 0 Å². The molecule has 1 atom stereocenters. The monoisotopic (exact) mass is 590 g/mol. The van der Waals surface area contributed by atoms with Crippen molar-refractivity contribution in [3.05, 3.63) is 167 Å². The normalized spacial score (nSPS) is 16.8. The Morgan fingerprint density at radius 3 is 2.28 bits per heavy atom. The first-order valence-corrected chi connectivity index (χ1v) is 15.7. The van der Waals surface area contributed by atoms with E-state index in [4.69, 9.17) is 4.98 Å². The topological polar surface area (TPSA) is 53.1 Å². The van der Waals surface area contributed by atoms with Crippen molar-refractivity contribution in [3.8, 4) is 39.4 Å². The van der Waals surface area contributed by atoms with Gasteiger partial charge in [0.25, 0.3) is 0 Å². The van der Waals surface area contributed by atoms with Gasteiger partial charge in [0.05, 0.1) is 34.1 Å². The van der Waals surface area contributed by atoms with E-state index in [-0.39, 0.29) is 11.5 Å². The minimum Gasteiger partial charge on any atom is -0.372 e. The molecule has 4 heteroatoms. The Balaban J connectivity index is 1.18. The summed E-state index contributed by atoms with van der Waals surface area (Å²) < 4.78 is 2.24. The van der Waals surface area contributed by atoms with E-state index in [1.54, 1.807) is 0 Å². The molecule has 0 spiro atoms. The van der Waals surface area contributed by atoms with Crippen LogP contribution in [0.2, 0.25) is 0 Å². The minimum atomic E-state index is -0.183. The van der Waals surface area contributed by atoms with Crippen LogP contribution in [0.25, 0.3) is 50.3 Å². The second kappa shape index (κ2) is 9.79. The molecule has 9 rings (SSSR count). The molecule has 4 aromatic carbocycles. The number of fused-ring (bicyclic) bond motifs is 7. The molecule has 1 unspecified atom stereocenters. The van der Waals surface area contributed by atoms with Crippen LogP contribution in [0, 0.1) is 11.3 Å². The molecule has 3 aliphatic rings. The molecule has 0 fully saturated rings. The molecule has 1 N–H and O–H groups in total. The highest BCUT2D eigenvalue weighted by Gasteiger charge is 2.35. The summed E-state index contributed by atoms with van der Waals surface area (Å²) >= 11 is 0. The average Bonchev–Trinajstić information content (AvgIpc) is 3.60. The molecule has 0 radical (unpaired) electrons. The van der Waals surface area contributed by atoms with Crippen molar-refractivity contribution in [1.29, 1.82) is 5.26 Å². The zero-order chi connectivity index (χ0) is 31.0. The number of allylic oxidation sites excluding steroid dienone is 2. The first kappa shape index (κ1) is 26.5. The van der Waals surface area contributed by atoms with Crippen LogP contribution in [-0.2, 0) is 5.41 Å². The fourth-order valence-corrected chi connectivity index (χ4v) is 7.46. The van der Waals surface area contributed by atoms with Crippen LogP contribution in [-0.4, -0.2) is 15.4 Å². The molecule has 2 aliphatic carbocycles. The van der Waals surface area contributed by atoms with Crippen LogP contribution in [0.3, 0.4) is 0 Å². The van der Waals surface area contributed by atoms with E-state index in [0.717, 1.165) is 38.7 Å². The van der Waals surface area contributed by atoms with Crippen LogP contribution < -0.4 is 16.0 Å². The lowest BCUT2D eigenvalue weighted by atomic mass is 9.81. The third kappa shape index (κ3) is 3.89. The van der Waals surface area contributed by atoms with Gasteiger partial charge in [-0.3, -0.25) is 4.40 Å². The van der Waals surface area contributed by atoms with Crippen LogP contribution in [0.1, 0.15) is 36.1 Å². The van der Waals surface area contributed by atoms with Gasteiger partial charge >= 0.3 is 0 Å². The molecule has 0 saturated heterocycles. The van der Waals surface area contributed by atoms with Gasteiger partial charge in [-0.15, -0.1) is 0 Å². The molecule has 218 valence electrons. The van der Waals surface area contributed by atoms with Crippen LogP contribution in [0.15, 0.2) is 134 Å². The van der Waals surface area contributed by atoms with Gasteiger partial charge < -0.3 is 5.32 Å². The number of benzene rings is 4. The molecule has 46 heavy (non-hydrogen) atoms. The van der Waals surface area contributed by atoms with E-state index >= 15 is 0 Å². The maximum absolute atomic E-state index is 9.52. The SMILES string of the molecule is CC1(C)c2cc(C#N)ccc2-c2ccc(-c3cccc(-c4ccc5nc6c(n5c4)=C(c4ccccc4)NC4C=CC=CC=64)c3)cc21. The zero-order valence-electron chi connectivity index (χ0n) is 25.6. The molecule has 0 amide bonds. The van der Waals surface area contributed by atoms with E-state index in [0.29, 0.717) is 5.56 Å².